The number of anilines is 1. The molecule has 5 nitrogen and oxygen atoms in total. The Kier molecular flexibility index (Phi) is 2.67. The maximum Gasteiger partial charge on any atom is 0.234 e. The first-order valence-electron chi connectivity index (χ1n) is 6.12. The number of nitrogens with one attached hydrogen (secondary N) is 1. The molecule has 5 heteroatoms. The highest BCUT2D eigenvalue weighted by Gasteiger charge is 2.28. The number of nitrogens with two attached hydrogens (primary N) is 1. The van der Waals surface area contributed by atoms with Crippen LogP contribution in [0.25, 0.3) is 10.9 Å². The van der Waals surface area contributed by atoms with Crippen molar-refractivity contribution in [3.8, 4) is 0 Å². The molecule has 2 aromatic rings. The number of rotatable bonds is 1. The van der Waals surface area contributed by atoms with E-state index in [1.807, 2.05) is 12.1 Å². The maximum atomic E-state index is 11.8. The van der Waals surface area contributed by atoms with Crippen LogP contribution in [-0.2, 0) is 9.59 Å². The Bertz CT molecular complexity index is 681. The topological polar surface area (TPSA) is 85.1 Å². The van der Waals surface area contributed by atoms with E-state index in [9.17, 15) is 9.59 Å². The minimum Gasteiger partial charge on any atom is -0.399 e. The van der Waals surface area contributed by atoms with Gasteiger partial charge in [-0.2, -0.15) is 0 Å². The number of piperidine rings is 1. The minimum absolute atomic E-state index is 0.206. The Labute approximate surface area is 109 Å². The normalized spacial score (nSPS) is 19.5. The first-order chi connectivity index (χ1) is 9.13. The standard InChI is InChI=1S/C14H13N3O2/c15-10-2-1-8-5-9(7-16-12(8)6-10)11-3-4-13(18)17-14(11)19/h1-2,5-7,11H,3-4,15H2,(H,17,18,19). The van der Waals surface area contributed by atoms with E-state index in [0.717, 1.165) is 16.5 Å². The fourth-order valence-corrected chi connectivity index (χ4v) is 2.36. The number of aromatic nitrogens is 1. The first-order valence-corrected chi connectivity index (χ1v) is 6.12. The SMILES string of the molecule is Nc1ccc2cc(C3CCC(=O)NC3=O)cnc2c1. The highest BCUT2D eigenvalue weighted by Crippen LogP contribution is 2.27. The Morgan fingerprint density at radius 3 is 2.89 bits per heavy atom. The number of hydrogen-bond acceptors (Lipinski definition) is 4. The summed E-state index contributed by atoms with van der Waals surface area (Å²) in [4.78, 5) is 27.3. The van der Waals surface area contributed by atoms with Gasteiger partial charge >= 0.3 is 0 Å². The molecule has 1 saturated heterocycles. The van der Waals surface area contributed by atoms with E-state index in [2.05, 4.69) is 10.3 Å². The Balaban J connectivity index is 1.99. The quantitative estimate of drug-likeness (QED) is 0.594. The Morgan fingerprint density at radius 1 is 1.26 bits per heavy atom. The van der Waals surface area contributed by atoms with Gasteiger partial charge in [-0.15, -0.1) is 0 Å². The number of nitrogens with zero attached hydrogens (tertiary/aromatic N) is 1. The van der Waals surface area contributed by atoms with Crippen molar-refractivity contribution in [1.29, 1.82) is 0 Å². The fourth-order valence-electron chi connectivity index (χ4n) is 2.36. The number of carbonyl (C=O) groups excluding carboxylic acids is 2. The number of amides is 2. The second-order valence-electron chi connectivity index (χ2n) is 4.72. The molecule has 0 spiro atoms. The summed E-state index contributed by atoms with van der Waals surface area (Å²) < 4.78 is 0. The largest absolute Gasteiger partial charge is 0.399 e. The van der Waals surface area contributed by atoms with E-state index in [0.29, 0.717) is 18.5 Å². The Morgan fingerprint density at radius 2 is 2.11 bits per heavy atom. The van der Waals surface area contributed by atoms with Crippen molar-refractivity contribution in [2.45, 2.75) is 18.8 Å². The molecule has 3 rings (SSSR count). The lowest BCUT2D eigenvalue weighted by atomic mass is 9.91. The van der Waals surface area contributed by atoms with Crippen LogP contribution in [0.3, 0.4) is 0 Å². The number of carbonyl (C=O) groups is 2. The molecule has 1 aliphatic rings. The zero-order valence-corrected chi connectivity index (χ0v) is 10.2. The fraction of sp³-hybridized carbons (Fsp3) is 0.214. The lowest BCUT2D eigenvalue weighted by Gasteiger charge is -2.21. The minimum atomic E-state index is -0.299. The van der Waals surface area contributed by atoms with Crippen LogP contribution in [0.15, 0.2) is 30.5 Å². The molecular weight excluding hydrogens is 242 g/mol. The average Bonchev–Trinajstić information content (AvgIpc) is 2.38. The molecule has 3 N–H and O–H groups in total. The summed E-state index contributed by atoms with van der Waals surface area (Å²) in [6.07, 6.45) is 2.59. The van der Waals surface area contributed by atoms with Crippen LogP contribution in [0.5, 0.6) is 0 Å². The number of nitrogen functional groups attached to an aromatic ring is 1. The van der Waals surface area contributed by atoms with Gasteiger partial charge in [0.1, 0.15) is 0 Å². The summed E-state index contributed by atoms with van der Waals surface area (Å²) in [7, 11) is 0. The summed E-state index contributed by atoms with van der Waals surface area (Å²) >= 11 is 0. The molecule has 0 saturated carbocycles. The molecule has 1 unspecified atom stereocenters. The van der Waals surface area contributed by atoms with Crippen molar-refractivity contribution in [3.63, 3.8) is 0 Å². The summed E-state index contributed by atoms with van der Waals surface area (Å²) in [6.45, 7) is 0. The van der Waals surface area contributed by atoms with Crippen LogP contribution >= 0.6 is 0 Å². The summed E-state index contributed by atoms with van der Waals surface area (Å²) in [5, 5.41) is 3.30. The summed E-state index contributed by atoms with van der Waals surface area (Å²) in [6, 6.07) is 7.41. The summed E-state index contributed by atoms with van der Waals surface area (Å²) in [5.41, 5.74) is 8.00. The second kappa shape index (κ2) is 4.35. The van der Waals surface area contributed by atoms with Gasteiger partial charge in [0, 0.05) is 23.7 Å². The average molecular weight is 255 g/mol. The third-order valence-corrected chi connectivity index (χ3v) is 3.37. The van der Waals surface area contributed by atoms with Gasteiger partial charge in [0.15, 0.2) is 0 Å². The van der Waals surface area contributed by atoms with Crippen LogP contribution in [0.1, 0.15) is 24.3 Å². The van der Waals surface area contributed by atoms with Crippen LogP contribution in [0.4, 0.5) is 5.69 Å². The molecule has 2 heterocycles. The van der Waals surface area contributed by atoms with Crippen LogP contribution < -0.4 is 11.1 Å². The van der Waals surface area contributed by atoms with Crippen molar-refractivity contribution in [3.05, 3.63) is 36.0 Å². The number of hydrogen-bond donors (Lipinski definition) is 2. The van der Waals surface area contributed by atoms with E-state index in [-0.39, 0.29) is 17.7 Å². The lowest BCUT2D eigenvalue weighted by molar-refractivity contribution is -0.134. The molecule has 19 heavy (non-hydrogen) atoms. The Hall–Kier alpha value is -2.43. The van der Waals surface area contributed by atoms with E-state index < -0.39 is 0 Å². The lowest BCUT2D eigenvalue weighted by Crippen LogP contribution is -2.39. The van der Waals surface area contributed by atoms with Gasteiger partial charge in [-0.1, -0.05) is 6.07 Å². The molecule has 0 radical (unpaired) electrons. The zero-order chi connectivity index (χ0) is 13.4. The summed E-state index contributed by atoms with van der Waals surface area (Å²) in [5.74, 6) is -0.747. The van der Waals surface area contributed by atoms with Crippen molar-refractivity contribution < 1.29 is 9.59 Å². The molecule has 96 valence electrons. The van der Waals surface area contributed by atoms with E-state index >= 15 is 0 Å². The number of fused-ring (bicyclic) bond motifs is 1. The molecule has 1 aliphatic heterocycles. The highest BCUT2D eigenvalue weighted by atomic mass is 16.2. The van der Waals surface area contributed by atoms with Crippen LogP contribution in [0.2, 0.25) is 0 Å². The maximum absolute atomic E-state index is 11.8. The molecule has 0 aliphatic carbocycles. The van der Waals surface area contributed by atoms with Gasteiger partial charge in [-0.25, -0.2) is 0 Å². The molecule has 1 fully saturated rings. The van der Waals surface area contributed by atoms with Crippen molar-refractivity contribution >= 4 is 28.4 Å². The molecule has 0 bridgehead atoms. The number of pyridine rings is 1. The van der Waals surface area contributed by atoms with Gasteiger partial charge in [0.25, 0.3) is 0 Å². The predicted molar refractivity (Wildman–Crippen MR) is 71.3 cm³/mol. The monoisotopic (exact) mass is 255 g/mol. The van der Waals surface area contributed by atoms with Gasteiger partial charge in [-0.3, -0.25) is 19.9 Å². The molecule has 1 aromatic carbocycles. The third kappa shape index (κ3) is 2.14. The third-order valence-electron chi connectivity index (χ3n) is 3.37. The predicted octanol–water partition coefficient (Wildman–Crippen LogP) is 1.34. The van der Waals surface area contributed by atoms with Crippen molar-refractivity contribution in [2.24, 2.45) is 0 Å². The van der Waals surface area contributed by atoms with E-state index in [4.69, 9.17) is 5.73 Å². The highest BCUT2D eigenvalue weighted by molar-refractivity contribution is 6.01. The van der Waals surface area contributed by atoms with Gasteiger partial charge in [0.2, 0.25) is 11.8 Å². The molecule has 1 atom stereocenters. The second-order valence-corrected chi connectivity index (χ2v) is 4.72. The van der Waals surface area contributed by atoms with E-state index in [1.54, 1.807) is 18.3 Å². The van der Waals surface area contributed by atoms with Crippen molar-refractivity contribution in [2.75, 3.05) is 5.73 Å². The zero-order valence-electron chi connectivity index (χ0n) is 10.2. The van der Waals surface area contributed by atoms with Gasteiger partial charge in [-0.05, 0) is 30.2 Å². The smallest absolute Gasteiger partial charge is 0.234 e. The molecule has 1 aromatic heterocycles. The molecule has 2 amide bonds. The van der Waals surface area contributed by atoms with Crippen molar-refractivity contribution in [1.82, 2.24) is 10.3 Å². The first kappa shape index (κ1) is 11.6. The van der Waals surface area contributed by atoms with Crippen LogP contribution in [0, 0.1) is 0 Å². The molecular formula is C14H13N3O2. The number of benzene rings is 1. The van der Waals surface area contributed by atoms with Gasteiger partial charge < -0.3 is 5.73 Å². The van der Waals surface area contributed by atoms with Crippen LogP contribution in [-0.4, -0.2) is 16.8 Å². The van der Waals surface area contributed by atoms with Gasteiger partial charge in [0.05, 0.1) is 11.4 Å². The number of imide groups is 1. The van der Waals surface area contributed by atoms with E-state index in [1.165, 1.54) is 0 Å².